The summed E-state index contributed by atoms with van der Waals surface area (Å²) in [6, 6.07) is 11.4. The molecule has 112 valence electrons. The highest BCUT2D eigenvalue weighted by Gasteiger charge is 2.32. The molecular weight excluding hydrogens is 244 g/mol. The molecular formula is C18H30N2. The third-order valence-electron chi connectivity index (χ3n) is 4.62. The van der Waals surface area contributed by atoms with E-state index in [0.717, 1.165) is 12.5 Å². The van der Waals surface area contributed by atoms with Crippen molar-refractivity contribution in [2.24, 2.45) is 5.92 Å². The minimum Gasteiger partial charge on any atom is -0.310 e. The van der Waals surface area contributed by atoms with Gasteiger partial charge in [-0.05, 0) is 38.7 Å². The van der Waals surface area contributed by atoms with Gasteiger partial charge in [0.1, 0.15) is 0 Å². The monoisotopic (exact) mass is 274 g/mol. The average Bonchev–Trinajstić information content (AvgIpc) is 2.45. The summed E-state index contributed by atoms with van der Waals surface area (Å²) < 4.78 is 0. The molecule has 1 aromatic carbocycles. The SMILES string of the molecule is CCC1CN(C(C)(C)C)CCC1NCc1ccccc1. The zero-order valence-corrected chi connectivity index (χ0v) is 13.5. The minimum absolute atomic E-state index is 0.303. The third-order valence-corrected chi connectivity index (χ3v) is 4.62. The molecule has 0 radical (unpaired) electrons. The van der Waals surface area contributed by atoms with Crippen LogP contribution < -0.4 is 5.32 Å². The van der Waals surface area contributed by atoms with E-state index in [9.17, 15) is 0 Å². The van der Waals surface area contributed by atoms with Gasteiger partial charge in [0.2, 0.25) is 0 Å². The van der Waals surface area contributed by atoms with Crippen molar-refractivity contribution in [1.29, 1.82) is 0 Å². The van der Waals surface area contributed by atoms with Gasteiger partial charge < -0.3 is 5.32 Å². The molecule has 0 bridgehead atoms. The van der Waals surface area contributed by atoms with Crippen molar-refractivity contribution in [1.82, 2.24) is 10.2 Å². The van der Waals surface area contributed by atoms with Crippen LogP contribution in [0.4, 0.5) is 0 Å². The fraction of sp³-hybridized carbons (Fsp3) is 0.667. The maximum absolute atomic E-state index is 3.78. The minimum atomic E-state index is 0.303. The summed E-state index contributed by atoms with van der Waals surface area (Å²) in [5.74, 6) is 0.770. The molecule has 0 saturated carbocycles. The Morgan fingerprint density at radius 3 is 2.50 bits per heavy atom. The van der Waals surface area contributed by atoms with Crippen molar-refractivity contribution in [3.63, 3.8) is 0 Å². The predicted octanol–water partition coefficient (Wildman–Crippen LogP) is 3.68. The number of hydrogen-bond acceptors (Lipinski definition) is 2. The molecule has 1 heterocycles. The predicted molar refractivity (Wildman–Crippen MR) is 86.8 cm³/mol. The second kappa shape index (κ2) is 6.73. The molecule has 2 atom stereocenters. The van der Waals surface area contributed by atoms with Gasteiger partial charge in [-0.25, -0.2) is 0 Å². The van der Waals surface area contributed by atoms with Crippen molar-refractivity contribution in [2.75, 3.05) is 13.1 Å². The van der Waals surface area contributed by atoms with Crippen LogP contribution in [0, 0.1) is 5.92 Å². The molecule has 20 heavy (non-hydrogen) atoms. The Kier molecular flexibility index (Phi) is 5.22. The zero-order valence-electron chi connectivity index (χ0n) is 13.5. The molecule has 1 aromatic rings. The Morgan fingerprint density at radius 1 is 1.20 bits per heavy atom. The van der Waals surface area contributed by atoms with Gasteiger partial charge in [0.25, 0.3) is 0 Å². The summed E-state index contributed by atoms with van der Waals surface area (Å²) in [6.07, 6.45) is 2.53. The molecule has 1 aliphatic rings. The van der Waals surface area contributed by atoms with Crippen molar-refractivity contribution < 1.29 is 0 Å². The van der Waals surface area contributed by atoms with E-state index >= 15 is 0 Å². The third kappa shape index (κ3) is 4.07. The Labute approximate surface area is 124 Å². The lowest BCUT2D eigenvalue weighted by Gasteiger charge is -2.45. The molecule has 1 fully saturated rings. The molecule has 0 aliphatic carbocycles. The van der Waals surface area contributed by atoms with Crippen LogP contribution in [-0.4, -0.2) is 29.6 Å². The first kappa shape index (κ1) is 15.5. The van der Waals surface area contributed by atoms with Crippen LogP contribution >= 0.6 is 0 Å². The standard InChI is InChI=1S/C18H30N2/c1-5-16-14-20(18(2,3)4)12-11-17(16)19-13-15-9-7-6-8-10-15/h6-10,16-17,19H,5,11-14H2,1-4H3. The van der Waals surface area contributed by atoms with E-state index in [2.05, 4.69) is 68.2 Å². The second-order valence-electron chi connectivity index (χ2n) is 7.05. The summed E-state index contributed by atoms with van der Waals surface area (Å²) in [7, 11) is 0. The Morgan fingerprint density at radius 2 is 1.90 bits per heavy atom. The van der Waals surface area contributed by atoms with E-state index in [1.165, 1.54) is 31.5 Å². The largest absolute Gasteiger partial charge is 0.310 e. The van der Waals surface area contributed by atoms with E-state index in [1.54, 1.807) is 0 Å². The Hall–Kier alpha value is -0.860. The summed E-state index contributed by atoms with van der Waals surface area (Å²) in [5.41, 5.74) is 1.69. The van der Waals surface area contributed by atoms with Crippen LogP contribution in [0.1, 0.15) is 46.1 Å². The van der Waals surface area contributed by atoms with E-state index in [0.29, 0.717) is 11.6 Å². The number of nitrogens with one attached hydrogen (secondary N) is 1. The molecule has 1 saturated heterocycles. The number of rotatable bonds is 4. The first-order valence-electron chi connectivity index (χ1n) is 8.03. The second-order valence-corrected chi connectivity index (χ2v) is 7.05. The maximum atomic E-state index is 3.78. The van der Waals surface area contributed by atoms with Crippen LogP contribution in [0.3, 0.4) is 0 Å². The van der Waals surface area contributed by atoms with Crippen molar-refractivity contribution in [2.45, 2.75) is 58.7 Å². The lowest BCUT2D eigenvalue weighted by atomic mass is 9.87. The maximum Gasteiger partial charge on any atom is 0.0208 e. The summed E-state index contributed by atoms with van der Waals surface area (Å²) in [5, 5.41) is 3.78. The van der Waals surface area contributed by atoms with Gasteiger partial charge >= 0.3 is 0 Å². The summed E-state index contributed by atoms with van der Waals surface area (Å²) in [4.78, 5) is 2.64. The number of likely N-dealkylation sites (tertiary alicyclic amines) is 1. The van der Waals surface area contributed by atoms with Crippen LogP contribution in [0.15, 0.2) is 30.3 Å². The van der Waals surface area contributed by atoms with E-state index in [4.69, 9.17) is 0 Å². The van der Waals surface area contributed by atoms with E-state index in [-0.39, 0.29) is 0 Å². The quantitative estimate of drug-likeness (QED) is 0.901. The highest BCUT2D eigenvalue weighted by atomic mass is 15.2. The van der Waals surface area contributed by atoms with Gasteiger partial charge in [0.15, 0.2) is 0 Å². The van der Waals surface area contributed by atoms with Crippen LogP contribution in [0.5, 0.6) is 0 Å². The van der Waals surface area contributed by atoms with Gasteiger partial charge in [-0.2, -0.15) is 0 Å². The van der Waals surface area contributed by atoms with Crippen LogP contribution in [-0.2, 0) is 6.54 Å². The average molecular weight is 274 g/mol. The molecule has 1 aliphatic heterocycles. The molecule has 2 rings (SSSR count). The lowest BCUT2D eigenvalue weighted by molar-refractivity contribution is 0.0576. The number of benzene rings is 1. The normalized spacial score (nSPS) is 24.8. The fourth-order valence-electron chi connectivity index (χ4n) is 3.17. The lowest BCUT2D eigenvalue weighted by Crippen LogP contribution is -2.54. The molecule has 2 nitrogen and oxygen atoms in total. The highest BCUT2D eigenvalue weighted by Crippen LogP contribution is 2.26. The summed E-state index contributed by atoms with van der Waals surface area (Å²) in [6.45, 7) is 12.8. The van der Waals surface area contributed by atoms with Crippen LogP contribution in [0.25, 0.3) is 0 Å². The Balaban J connectivity index is 1.89. The number of piperidine rings is 1. The van der Waals surface area contributed by atoms with Gasteiger partial charge in [-0.15, -0.1) is 0 Å². The smallest absolute Gasteiger partial charge is 0.0208 e. The molecule has 2 heteroatoms. The van der Waals surface area contributed by atoms with Crippen LogP contribution in [0.2, 0.25) is 0 Å². The van der Waals surface area contributed by atoms with Gasteiger partial charge in [0.05, 0.1) is 0 Å². The fourth-order valence-corrected chi connectivity index (χ4v) is 3.17. The topological polar surface area (TPSA) is 15.3 Å². The summed E-state index contributed by atoms with van der Waals surface area (Å²) >= 11 is 0. The number of hydrogen-bond donors (Lipinski definition) is 1. The molecule has 2 unspecified atom stereocenters. The molecule has 0 aromatic heterocycles. The zero-order chi connectivity index (χ0) is 14.6. The first-order chi connectivity index (χ1) is 9.50. The molecule has 0 amide bonds. The van der Waals surface area contributed by atoms with Gasteiger partial charge in [-0.1, -0.05) is 43.7 Å². The van der Waals surface area contributed by atoms with Gasteiger partial charge in [-0.3, -0.25) is 4.90 Å². The first-order valence-corrected chi connectivity index (χ1v) is 8.03. The van der Waals surface area contributed by atoms with E-state index < -0.39 is 0 Å². The van der Waals surface area contributed by atoms with Crippen molar-refractivity contribution in [3.05, 3.63) is 35.9 Å². The van der Waals surface area contributed by atoms with E-state index in [1.807, 2.05) is 0 Å². The number of nitrogens with zero attached hydrogens (tertiary/aromatic N) is 1. The van der Waals surface area contributed by atoms with Gasteiger partial charge in [0, 0.05) is 31.2 Å². The Bertz CT molecular complexity index is 394. The van der Waals surface area contributed by atoms with Crippen molar-refractivity contribution >= 4 is 0 Å². The molecule has 0 spiro atoms. The highest BCUT2D eigenvalue weighted by molar-refractivity contribution is 5.14. The van der Waals surface area contributed by atoms with Crippen molar-refractivity contribution in [3.8, 4) is 0 Å². The molecule has 1 N–H and O–H groups in total.